The van der Waals surface area contributed by atoms with Crippen LogP contribution in [-0.4, -0.2) is 59.0 Å². The van der Waals surface area contributed by atoms with Gasteiger partial charge in [0.2, 0.25) is 15.9 Å². The number of carbonyl (C=O) groups excluding carboxylic acids is 1. The lowest BCUT2D eigenvalue weighted by Crippen LogP contribution is -2.50. The monoisotopic (exact) mass is 360 g/mol. The predicted molar refractivity (Wildman–Crippen MR) is 85.7 cm³/mol. The topological polar surface area (TPSA) is 75.5 Å². The summed E-state index contributed by atoms with van der Waals surface area (Å²) in [5.74, 6) is 0.129. The average Bonchev–Trinajstić information content (AvgIpc) is 3.03. The van der Waals surface area contributed by atoms with Crippen LogP contribution in [0.3, 0.4) is 0 Å². The number of carbonyl (C=O) groups is 1. The third kappa shape index (κ3) is 2.88. The molecule has 7 nitrogen and oxygen atoms in total. The van der Waals surface area contributed by atoms with Gasteiger partial charge in [-0.3, -0.25) is 9.48 Å². The molecule has 1 aromatic heterocycles. The summed E-state index contributed by atoms with van der Waals surface area (Å²) >= 11 is 6.13. The third-order valence-corrected chi connectivity index (χ3v) is 7.17. The quantitative estimate of drug-likeness (QED) is 0.810. The zero-order chi connectivity index (χ0) is 16.8. The lowest BCUT2D eigenvalue weighted by atomic mass is 10.1. The van der Waals surface area contributed by atoms with Gasteiger partial charge in [-0.1, -0.05) is 11.6 Å². The normalized spacial score (nSPS) is 23.7. The molecule has 23 heavy (non-hydrogen) atoms. The second kappa shape index (κ2) is 6.07. The number of likely N-dealkylation sites (tertiary alicyclic amines) is 1. The summed E-state index contributed by atoms with van der Waals surface area (Å²) in [5.41, 5.74) is 0.400. The third-order valence-electron chi connectivity index (χ3n) is 4.61. The molecule has 2 aliphatic rings. The first-order valence-electron chi connectivity index (χ1n) is 7.81. The molecule has 0 aromatic carbocycles. The molecule has 0 spiro atoms. The smallest absolute Gasteiger partial charge is 0.248 e. The lowest BCUT2D eigenvalue weighted by Gasteiger charge is -2.36. The Hall–Kier alpha value is -1.12. The Morgan fingerprint density at radius 2 is 2.00 bits per heavy atom. The number of hydrogen-bond acceptors (Lipinski definition) is 4. The van der Waals surface area contributed by atoms with E-state index >= 15 is 0 Å². The van der Waals surface area contributed by atoms with Crippen molar-refractivity contribution in [2.24, 2.45) is 7.05 Å². The van der Waals surface area contributed by atoms with Crippen molar-refractivity contribution in [3.05, 3.63) is 10.8 Å². The minimum Gasteiger partial charge on any atom is -0.338 e. The van der Waals surface area contributed by atoms with Gasteiger partial charge in [-0.25, -0.2) is 8.42 Å². The Labute approximate surface area is 141 Å². The highest BCUT2D eigenvalue weighted by atomic mass is 35.5. The molecule has 2 saturated heterocycles. The molecule has 128 valence electrons. The van der Waals surface area contributed by atoms with Crippen molar-refractivity contribution in [1.82, 2.24) is 19.0 Å². The fourth-order valence-electron chi connectivity index (χ4n) is 3.48. The Kier molecular flexibility index (Phi) is 4.41. The molecule has 0 N–H and O–H groups in total. The maximum atomic E-state index is 13.0. The van der Waals surface area contributed by atoms with Crippen molar-refractivity contribution in [3.63, 3.8) is 0 Å². The van der Waals surface area contributed by atoms with Crippen molar-refractivity contribution >= 4 is 27.5 Å². The number of nitrogens with zero attached hydrogens (tertiary/aromatic N) is 4. The van der Waals surface area contributed by atoms with Gasteiger partial charge in [0.25, 0.3) is 0 Å². The van der Waals surface area contributed by atoms with Gasteiger partial charge >= 0.3 is 0 Å². The number of aryl methyl sites for hydroxylation is 2. The van der Waals surface area contributed by atoms with E-state index in [2.05, 4.69) is 5.10 Å². The van der Waals surface area contributed by atoms with E-state index in [1.807, 2.05) is 4.90 Å². The van der Waals surface area contributed by atoms with Gasteiger partial charge in [0.15, 0.2) is 0 Å². The first-order valence-corrected chi connectivity index (χ1v) is 9.63. The molecule has 1 atom stereocenters. The molecule has 2 aliphatic heterocycles. The summed E-state index contributed by atoms with van der Waals surface area (Å²) in [6, 6.07) is -0.0377. The van der Waals surface area contributed by atoms with Crippen molar-refractivity contribution in [2.75, 3.05) is 19.6 Å². The molecule has 0 unspecified atom stereocenters. The standard InChI is InChI=1S/C14H21ClN4O3S/c1-10-13(14(15)17(2)16-10)23(21,22)18-7-3-5-11(9-18)19-8-4-6-12(19)20/h11H,3-9H2,1-2H3/t11-/m0/s1. The highest BCUT2D eigenvalue weighted by molar-refractivity contribution is 7.89. The van der Waals surface area contributed by atoms with Crippen LogP contribution in [0, 0.1) is 6.92 Å². The zero-order valence-electron chi connectivity index (χ0n) is 13.3. The minimum atomic E-state index is -3.70. The van der Waals surface area contributed by atoms with Crippen LogP contribution >= 0.6 is 11.6 Å². The Morgan fingerprint density at radius 1 is 1.26 bits per heavy atom. The Balaban J connectivity index is 1.86. The number of halogens is 1. The van der Waals surface area contributed by atoms with Crippen molar-refractivity contribution < 1.29 is 13.2 Å². The first kappa shape index (κ1) is 16.7. The number of amides is 1. The average molecular weight is 361 g/mol. The van der Waals surface area contributed by atoms with Crippen LogP contribution in [0.15, 0.2) is 4.90 Å². The van der Waals surface area contributed by atoms with Gasteiger partial charge in [-0.2, -0.15) is 9.40 Å². The summed E-state index contributed by atoms with van der Waals surface area (Å²) in [6.07, 6.45) is 3.01. The number of sulfonamides is 1. The summed E-state index contributed by atoms with van der Waals surface area (Å²) in [4.78, 5) is 13.8. The van der Waals surface area contributed by atoms with Crippen molar-refractivity contribution in [2.45, 2.75) is 43.5 Å². The van der Waals surface area contributed by atoms with E-state index in [0.29, 0.717) is 25.2 Å². The molecule has 3 heterocycles. The Morgan fingerprint density at radius 3 is 2.57 bits per heavy atom. The highest BCUT2D eigenvalue weighted by Crippen LogP contribution is 2.30. The van der Waals surface area contributed by atoms with Gasteiger partial charge in [0.1, 0.15) is 10.0 Å². The molecular formula is C14H21ClN4O3S. The predicted octanol–water partition coefficient (Wildman–Crippen LogP) is 1.16. The maximum absolute atomic E-state index is 13.0. The summed E-state index contributed by atoms with van der Waals surface area (Å²) < 4.78 is 28.8. The molecule has 3 rings (SSSR count). The van der Waals surface area contributed by atoms with E-state index in [9.17, 15) is 13.2 Å². The van der Waals surface area contributed by atoms with Gasteiger partial charge in [0.05, 0.1) is 5.69 Å². The molecule has 0 aliphatic carbocycles. The van der Waals surface area contributed by atoms with Crippen molar-refractivity contribution in [3.8, 4) is 0 Å². The van der Waals surface area contributed by atoms with Gasteiger partial charge < -0.3 is 4.90 Å². The van der Waals surface area contributed by atoms with E-state index in [-0.39, 0.29) is 22.0 Å². The van der Waals surface area contributed by atoms with Gasteiger partial charge in [0, 0.05) is 39.1 Å². The molecule has 0 saturated carbocycles. The lowest BCUT2D eigenvalue weighted by molar-refractivity contribution is -0.130. The van der Waals surface area contributed by atoms with Crippen LogP contribution in [0.4, 0.5) is 0 Å². The molecular weight excluding hydrogens is 340 g/mol. The second-order valence-electron chi connectivity index (χ2n) is 6.18. The van der Waals surface area contributed by atoms with Gasteiger partial charge in [-0.05, 0) is 26.2 Å². The van der Waals surface area contributed by atoms with Crippen LogP contribution < -0.4 is 0 Å². The van der Waals surface area contributed by atoms with Crippen LogP contribution in [0.1, 0.15) is 31.4 Å². The van der Waals surface area contributed by atoms with Crippen LogP contribution in [0.2, 0.25) is 5.15 Å². The maximum Gasteiger partial charge on any atom is 0.248 e. The summed E-state index contributed by atoms with van der Waals surface area (Å²) in [5, 5.41) is 4.22. The van der Waals surface area contributed by atoms with E-state index in [0.717, 1.165) is 25.8 Å². The van der Waals surface area contributed by atoms with Crippen molar-refractivity contribution in [1.29, 1.82) is 0 Å². The number of rotatable bonds is 3. The minimum absolute atomic E-state index is 0.0377. The molecule has 2 fully saturated rings. The van der Waals surface area contributed by atoms with Crippen LogP contribution in [0.5, 0.6) is 0 Å². The van der Waals surface area contributed by atoms with E-state index in [1.54, 1.807) is 14.0 Å². The number of piperidine rings is 1. The van der Waals surface area contributed by atoms with E-state index in [4.69, 9.17) is 11.6 Å². The molecule has 1 amide bonds. The first-order chi connectivity index (χ1) is 10.8. The molecule has 0 radical (unpaired) electrons. The van der Waals surface area contributed by atoms with Crippen LogP contribution in [-0.2, 0) is 21.9 Å². The second-order valence-corrected chi connectivity index (χ2v) is 8.41. The number of aromatic nitrogens is 2. The van der Waals surface area contributed by atoms with E-state index in [1.165, 1.54) is 8.99 Å². The number of hydrogen-bond donors (Lipinski definition) is 0. The Bertz CT molecular complexity index is 731. The molecule has 0 bridgehead atoms. The van der Waals surface area contributed by atoms with E-state index < -0.39 is 10.0 Å². The SMILES string of the molecule is Cc1nn(C)c(Cl)c1S(=O)(=O)N1CCC[C@H](N2CCCC2=O)C1. The summed E-state index contributed by atoms with van der Waals surface area (Å²) in [7, 11) is -2.08. The molecule has 9 heteroatoms. The molecule has 1 aromatic rings. The van der Waals surface area contributed by atoms with Gasteiger partial charge in [-0.15, -0.1) is 0 Å². The summed E-state index contributed by atoms with van der Waals surface area (Å²) in [6.45, 7) is 3.15. The van der Waals surface area contributed by atoms with Crippen LogP contribution in [0.25, 0.3) is 0 Å². The largest absolute Gasteiger partial charge is 0.338 e. The fraction of sp³-hybridized carbons (Fsp3) is 0.714. The highest BCUT2D eigenvalue weighted by Gasteiger charge is 2.38. The fourth-order valence-corrected chi connectivity index (χ4v) is 5.70. The zero-order valence-corrected chi connectivity index (χ0v) is 14.9.